The van der Waals surface area contributed by atoms with E-state index in [-0.39, 0.29) is 16.8 Å². The van der Waals surface area contributed by atoms with Crippen LogP contribution in [0.5, 0.6) is 0 Å². The van der Waals surface area contributed by atoms with Gasteiger partial charge in [0.1, 0.15) is 5.60 Å². The van der Waals surface area contributed by atoms with Crippen LogP contribution in [0.4, 0.5) is 5.69 Å². The van der Waals surface area contributed by atoms with Gasteiger partial charge in [-0.2, -0.15) is 0 Å². The minimum absolute atomic E-state index is 0.136. The van der Waals surface area contributed by atoms with Crippen LogP contribution in [0.1, 0.15) is 44.2 Å². The second-order valence-electron chi connectivity index (χ2n) is 9.76. The Balaban J connectivity index is 1.64. The van der Waals surface area contributed by atoms with Crippen molar-refractivity contribution in [3.63, 3.8) is 0 Å². The number of benzene rings is 2. The average molecular weight is 506 g/mol. The Morgan fingerprint density at radius 1 is 1.08 bits per heavy atom. The van der Waals surface area contributed by atoms with Gasteiger partial charge in [0.25, 0.3) is 5.69 Å². The first kappa shape index (κ1) is 26.1. The zero-order chi connectivity index (χ0) is 26.7. The van der Waals surface area contributed by atoms with Crippen LogP contribution in [0.3, 0.4) is 0 Å². The number of hydrogen-bond acceptors (Lipinski definition) is 8. The maximum absolute atomic E-state index is 13.8. The van der Waals surface area contributed by atoms with E-state index in [0.717, 1.165) is 13.1 Å². The van der Waals surface area contributed by atoms with E-state index >= 15 is 0 Å². The topological polar surface area (TPSA) is 111 Å². The molecule has 2 heterocycles. The van der Waals surface area contributed by atoms with Gasteiger partial charge in [-0.3, -0.25) is 15.0 Å². The molecule has 0 amide bonds. The molecule has 2 aliphatic heterocycles. The van der Waals surface area contributed by atoms with E-state index in [2.05, 4.69) is 22.3 Å². The molecule has 0 spiro atoms. The number of esters is 2. The summed E-state index contributed by atoms with van der Waals surface area (Å²) in [6.07, 6.45) is 0.658. The molecule has 2 aromatic rings. The lowest BCUT2D eigenvalue weighted by Gasteiger charge is -2.32. The molecule has 2 atom stereocenters. The van der Waals surface area contributed by atoms with Gasteiger partial charge in [0.05, 0.1) is 29.1 Å². The number of carbonyl (C=O) groups excluding carboxylic acids is 2. The Kier molecular flexibility index (Phi) is 7.45. The number of rotatable bonds is 7. The zero-order valence-corrected chi connectivity index (χ0v) is 21.4. The van der Waals surface area contributed by atoms with Crippen molar-refractivity contribution < 1.29 is 24.0 Å². The molecule has 1 unspecified atom stereocenters. The van der Waals surface area contributed by atoms with Crippen LogP contribution in [-0.4, -0.2) is 47.6 Å². The monoisotopic (exact) mass is 505 g/mol. The normalized spacial score (nSPS) is 22.0. The van der Waals surface area contributed by atoms with E-state index in [0.29, 0.717) is 29.9 Å². The molecule has 2 aliphatic rings. The summed E-state index contributed by atoms with van der Waals surface area (Å²) in [6.45, 7) is 7.44. The average Bonchev–Trinajstić information content (AvgIpc) is 3.23. The van der Waals surface area contributed by atoms with E-state index in [1.165, 1.54) is 30.9 Å². The fourth-order valence-corrected chi connectivity index (χ4v) is 5.16. The quantitative estimate of drug-likeness (QED) is 0.338. The molecule has 0 radical (unpaired) electrons. The lowest BCUT2D eigenvalue weighted by molar-refractivity contribution is -0.384. The predicted molar refractivity (Wildman–Crippen MR) is 137 cm³/mol. The van der Waals surface area contributed by atoms with Crippen LogP contribution in [0.2, 0.25) is 0 Å². The van der Waals surface area contributed by atoms with Crippen molar-refractivity contribution in [3.8, 4) is 0 Å². The maximum atomic E-state index is 13.8. The van der Waals surface area contributed by atoms with E-state index in [4.69, 9.17) is 9.47 Å². The number of nitrogens with zero attached hydrogens (tertiary/aromatic N) is 2. The molecule has 1 saturated heterocycles. The number of allylic oxidation sites excluding steroid dienone is 2. The third-order valence-electron chi connectivity index (χ3n) is 6.90. The van der Waals surface area contributed by atoms with Crippen molar-refractivity contribution in [1.29, 1.82) is 0 Å². The van der Waals surface area contributed by atoms with Crippen LogP contribution in [0, 0.1) is 10.1 Å². The summed E-state index contributed by atoms with van der Waals surface area (Å²) in [4.78, 5) is 39.8. The summed E-state index contributed by atoms with van der Waals surface area (Å²) >= 11 is 0. The van der Waals surface area contributed by atoms with Crippen LogP contribution >= 0.6 is 0 Å². The molecule has 1 N–H and O–H groups in total. The molecular formula is C28H31N3O6. The number of ether oxygens (including phenoxy) is 2. The third-order valence-corrected chi connectivity index (χ3v) is 6.90. The van der Waals surface area contributed by atoms with Gasteiger partial charge < -0.3 is 14.8 Å². The number of methoxy groups -OCH3 is 1. The Hall–Kier alpha value is -3.98. The first-order chi connectivity index (χ1) is 17.6. The fraction of sp³-hybridized carbons (Fsp3) is 0.357. The zero-order valence-electron chi connectivity index (χ0n) is 21.4. The predicted octanol–water partition coefficient (Wildman–Crippen LogP) is 4.21. The van der Waals surface area contributed by atoms with Crippen molar-refractivity contribution >= 4 is 17.6 Å². The van der Waals surface area contributed by atoms with Crippen LogP contribution in [0.15, 0.2) is 77.1 Å². The second-order valence-corrected chi connectivity index (χ2v) is 9.76. The highest BCUT2D eigenvalue weighted by atomic mass is 16.6. The minimum Gasteiger partial charge on any atom is -0.466 e. The van der Waals surface area contributed by atoms with Crippen LogP contribution < -0.4 is 5.32 Å². The van der Waals surface area contributed by atoms with Gasteiger partial charge >= 0.3 is 11.9 Å². The summed E-state index contributed by atoms with van der Waals surface area (Å²) in [6, 6.07) is 16.1. The highest BCUT2D eigenvalue weighted by Gasteiger charge is 2.42. The van der Waals surface area contributed by atoms with E-state index < -0.39 is 28.4 Å². The first-order valence-electron chi connectivity index (χ1n) is 12.1. The van der Waals surface area contributed by atoms with Gasteiger partial charge in [-0.1, -0.05) is 42.5 Å². The van der Waals surface area contributed by atoms with Gasteiger partial charge in [-0.25, -0.2) is 9.59 Å². The van der Waals surface area contributed by atoms with E-state index in [9.17, 15) is 19.7 Å². The number of nitro benzene ring substituents is 1. The Bertz CT molecular complexity index is 1290. The number of dihydropyridines is 1. The van der Waals surface area contributed by atoms with E-state index in [1.54, 1.807) is 19.9 Å². The van der Waals surface area contributed by atoms with Crippen LogP contribution in [-0.2, 0) is 25.6 Å². The maximum Gasteiger partial charge on any atom is 0.337 e. The number of non-ortho nitro benzene ring substituents is 1. The molecule has 9 heteroatoms. The highest BCUT2D eigenvalue weighted by Crippen LogP contribution is 2.41. The number of nitro groups is 1. The van der Waals surface area contributed by atoms with Crippen molar-refractivity contribution in [2.24, 2.45) is 0 Å². The Labute approximate surface area is 215 Å². The van der Waals surface area contributed by atoms with Gasteiger partial charge in [0, 0.05) is 49.6 Å². The third kappa shape index (κ3) is 5.56. The number of hydrogen-bond donors (Lipinski definition) is 1. The van der Waals surface area contributed by atoms with Crippen molar-refractivity contribution in [2.45, 2.75) is 45.3 Å². The molecular weight excluding hydrogens is 474 g/mol. The van der Waals surface area contributed by atoms with Crippen molar-refractivity contribution in [1.82, 2.24) is 10.2 Å². The number of nitrogens with one attached hydrogen (secondary N) is 1. The molecule has 4 rings (SSSR count). The molecule has 9 nitrogen and oxygen atoms in total. The first-order valence-corrected chi connectivity index (χ1v) is 12.1. The van der Waals surface area contributed by atoms with Gasteiger partial charge in [0.15, 0.2) is 0 Å². The summed E-state index contributed by atoms with van der Waals surface area (Å²) in [5.74, 6) is -2.08. The molecule has 1 fully saturated rings. The van der Waals surface area contributed by atoms with Gasteiger partial charge in [0.2, 0.25) is 0 Å². The molecule has 0 bridgehead atoms. The molecule has 37 heavy (non-hydrogen) atoms. The number of carbonyl (C=O) groups is 2. The summed E-state index contributed by atoms with van der Waals surface area (Å²) in [7, 11) is 1.26. The Morgan fingerprint density at radius 2 is 1.76 bits per heavy atom. The SMILES string of the molecule is COC(=O)C1=C(C)NC(C)=C(C(=O)OC2(C)CCN(Cc3ccccc3)C2)[C@@H]1c1cccc([N+](=O)[O-])c1. The molecule has 0 saturated carbocycles. The summed E-state index contributed by atoms with van der Waals surface area (Å²) < 4.78 is 11.1. The molecule has 0 aromatic heterocycles. The molecule has 194 valence electrons. The Morgan fingerprint density at radius 3 is 2.41 bits per heavy atom. The second kappa shape index (κ2) is 10.6. The molecule has 2 aromatic carbocycles. The van der Waals surface area contributed by atoms with Crippen LogP contribution in [0.25, 0.3) is 0 Å². The molecule has 0 aliphatic carbocycles. The summed E-state index contributed by atoms with van der Waals surface area (Å²) in [5, 5.41) is 14.6. The smallest absolute Gasteiger partial charge is 0.337 e. The lowest BCUT2D eigenvalue weighted by Crippen LogP contribution is -2.38. The minimum atomic E-state index is -0.883. The van der Waals surface area contributed by atoms with Crippen molar-refractivity contribution in [2.75, 3.05) is 20.2 Å². The number of likely N-dealkylation sites (tertiary alicyclic amines) is 1. The highest BCUT2D eigenvalue weighted by molar-refractivity contribution is 6.00. The largest absolute Gasteiger partial charge is 0.466 e. The van der Waals surface area contributed by atoms with Gasteiger partial charge in [-0.05, 0) is 31.9 Å². The van der Waals surface area contributed by atoms with Gasteiger partial charge in [-0.15, -0.1) is 0 Å². The standard InChI is InChI=1S/C28H31N3O6/c1-18-23(26(32)36-4)25(21-11-8-12-22(15-21)31(34)35)24(19(2)29-18)27(33)37-28(3)13-14-30(17-28)16-20-9-6-5-7-10-20/h5-12,15,25,29H,13-14,16-17H2,1-4H3/t25-,28?/m1/s1. The fourth-order valence-electron chi connectivity index (χ4n) is 5.16. The van der Waals surface area contributed by atoms with E-state index in [1.807, 2.05) is 25.1 Å². The lowest BCUT2D eigenvalue weighted by atomic mass is 9.80. The van der Waals surface area contributed by atoms with Crippen molar-refractivity contribution in [3.05, 3.63) is 98.4 Å². The summed E-state index contributed by atoms with van der Waals surface area (Å²) in [5.41, 5.74) is 2.23.